The predicted octanol–water partition coefficient (Wildman–Crippen LogP) is 11.8. The number of para-hydroxylation sites is 1. The van der Waals surface area contributed by atoms with E-state index in [4.69, 9.17) is 14.4 Å². The van der Waals surface area contributed by atoms with Crippen molar-refractivity contribution in [2.45, 2.75) is 12.8 Å². The highest BCUT2D eigenvalue weighted by Crippen LogP contribution is 2.44. The molecule has 1 aliphatic carbocycles. The van der Waals surface area contributed by atoms with Gasteiger partial charge < -0.3 is 4.42 Å². The van der Waals surface area contributed by atoms with Gasteiger partial charge >= 0.3 is 0 Å². The van der Waals surface area contributed by atoms with Crippen LogP contribution in [-0.4, -0.2) is 9.97 Å². The normalized spacial score (nSPS) is 12.9. The molecule has 0 fully saturated rings. The number of furan rings is 1. The minimum absolute atomic E-state index is 0.865. The van der Waals surface area contributed by atoms with Gasteiger partial charge in [-0.3, -0.25) is 4.98 Å². The summed E-state index contributed by atoms with van der Waals surface area (Å²) in [6.45, 7) is 0. The molecule has 3 heteroatoms. The number of aromatic nitrogens is 2. The molecule has 0 N–H and O–H groups in total. The molecule has 0 saturated carbocycles. The zero-order valence-corrected chi connectivity index (χ0v) is 25.6. The summed E-state index contributed by atoms with van der Waals surface area (Å²) in [7, 11) is 0. The molecule has 0 aliphatic heterocycles. The Hall–Kier alpha value is -6.06. The average Bonchev–Trinajstić information content (AvgIpc) is 3.55. The number of allylic oxidation sites excluding steroid dienone is 1. The van der Waals surface area contributed by atoms with Crippen molar-refractivity contribution in [1.82, 2.24) is 9.97 Å². The third-order valence-electron chi connectivity index (χ3n) is 9.75. The van der Waals surface area contributed by atoms with Gasteiger partial charge in [0.2, 0.25) is 0 Å². The van der Waals surface area contributed by atoms with Crippen LogP contribution in [0.4, 0.5) is 0 Å². The third kappa shape index (κ3) is 4.00. The van der Waals surface area contributed by atoms with Crippen molar-refractivity contribution in [2.75, 3.05) is 0 Å². The van der Waals surface area contributed by atoms with E-state index in [9.17, 15) is 0 Å². The number of rotatable bonds is 3. The van der Waals surface area contributed by atoms with Crippen LogP contribution >= 0.6 is 0 Å². The van der Waals surface area contributed by atoms with Crippen LogP contribution in [-0.2, 0) is 6.42 Å². The maximum atomic E-state index is 6.90. The monoisotopic (exact) mass is 600 g/mol. The van der Waals surface area contributed by atoms with Crippen molar-refractivity contribution < 1.29 is 4.42 Å². The summed E-state index contributed by atoms with van der Waals surface area (Å²) in [5, 5.41) is 7.10. The fourth-order valence-electron chi connectivity index (χ4n) is 7.58. The molecule has 2 aromatic heterocycles. The molecule has 3 nitrogen and oxygen atoms in total. The van der Waals surface area contributed by atoms with E-state index in [1.54, 1.807) is 0 Å². The van der Waals surface area contributed by atoms with E-state index >= 15 is 0 Å². The highest BCUT2D eigenvalue weighted by Gasteiger charge is 2.20. The molecule has 0 bridgehead atoms. The summed E-state index contributed by atoms with van der Waals surface area (Å²) in [6.07, 6.45) is 8.49. The van der Waals surface area contributed by atoms with E-state index < -0.39 is 0 Å². The van der Waals surface area contributed by atoms with Gasteiger partial charge in [0.1, 0.15) is 11.2 Å². The first-order valence-corrected chi connectivity index (χ1v) is 16.2. The Morgan fingerprint density at radius 2 is 1.30 bits per heavy atom. The molecule has 47 heavy (non-hydrogen) atoms. The fraction of sp³-hybridized carbons (Fsp3) is 0.0455. The number of fused-ring (bicyclic) bond motifs is 11. The van der Waals surface area contributed by atoms with Crippen LogP contribution in [0.2, 0.25) is 0 Å². The lowest BCUT2D eigenvalue weighted by Crippen LogP contribution is -2.01. The van der Waals surface area contributed by atoms with Crippen molar-refractivity contribution in [3.05, 3.63) is 151 Å². The Kier molecular flexibility index (Phi) is 5.70. The van der Waals surface area contributed by atoms with Crippen molar-refractivity contribution in [3.8, 4) is 33.5 Å². The minimum atomic E-state index is 0.865. The summed E-state index contributed by atoms with van der Waals surface area (Å²) in [5.74, 6) is 0. The van der Waals surface area contributed by atoms with Crippen molar-refractivity contribution in [1.29, 1.82) is 0 Å². The van der Waals surface area contributed by atoms with Gasteiger partial charge in [-0.2, -0.15) is 0 Å². The number of hydrogen-bond acceptors (Lipinski definition) is 3. The number of benzene rings is 7. The molecule has 0 atom stereocenters. The SMILES string of the molecule is C1=Cc2c(c3ccccc3c3ncc(-c4cccc(-c5cc6ccccc6c6c5oc5c(-c7ccccc7)cccc56)c4)nc23)CC1. The van der Waals surface area contributed by atoms with Gasteiger partial charge in [-0.15, -0.1) is 0 Å². The van der Waals surface area contributed by atoms with Crippen LogP contribution in [0.25, 0.3) is 94.1 Å². The molecular weight excluding hydrogens is 572 g/mol. The van der Waals surface area contributed by atoms with Gasteiger partial charge in [0.25, 0.3) is 0 Å². The third-order valence-corrected chi connectivity index (χ3v) is 9.75. The Morgan fingerprint density at radius 3 is 2.21 bits per heavy atom. The molecule has 0 saturated heterocycles. The molecule has 0 spiro atoms. The van der Waals surface area contributed by atoms with Gasteiger partial charge in [-0.1, -0.05) is 127 Å². The first-order valence-electron chi connectivity index (χ1n) is 16.2. The second kappa shape index (κ2) is 10.2. The Bertz CT molecular complexity index is 2740. The number of hydrogen-bond donors (Lipinski definition) is 0. The quantitative estimate of drug-likeness (QED) is 0.189. The molecule has 220 valence electrons. The predicted molar refractivity (Wildman–Crippen MR) is 195 cm³/mol. The first-order chi connectivity index (χ1) is 23.3. The van der Waals surface area contributed by atoms with Crippen LogP contribution in [0.1, 0.15) is 17.5 Å². The van der Waals surface area contributed by atoms with E-state index in [-0.39, 0.29) is 0 Å². The maximum Gasteiger partial charge on any atom is 0.143 e. The molecule has 0 unspecified atom stereocenters. The zero-order chi connectivity index (χ0) is 30.9. The van der Waals surface area contributed by atoms with Crippen LogP contribution in [0, 0.1) is 0 Å². The highest BCUT2D eigenvalue weighted by atomic mass is 16.3. The van der Waals surface area contributed by atoms with Crippen molar-refractivity contribution in [2.24, 2.45) is 0 Å². The molecule has 9 aromatic rings. The van der Waals surface area contributed by atoms with E-state index in [2.05, 4.69) is 140 Å². The summed E-state index contributed by atoms with van der Waals surface area (Å²) in [5.41, 5.74) is 12.6. The fourth-order valence-corrected chi connectivity index (χ4v) is 7.58. The molecule has 0 amide bonds. The average molecular weight is 601 g/mol. The summed E-state index contributed by atoms with van der Waals surface area (Å²) < 4.78 is 6.90. The number of nitrogens with zero attached hydrogens (tertiary/aromatic N) is 2. The first kappa shape index (κ1) is 26.2. The van der Waals surface area contributed by atoms with Gasteiger partial charge in [0.15, 0.2) is 0 Å². The van der Waals surface area contributed by atoms with E-state index in [0.29, 0.717) is 0 Å². The summed E-state index contributed by atoms with van der Waals surface area (Å²) in [4.78, 5) is 10.3. The van der Waals surface area contributed by atoms with Gasteiger partial charge in [-0.25, -0.2) is 4.98 Å². The lowest BCUT2D eigenvalue weighted by molar-refractivity contribution is 0.671. The summed E-state index contributed by atoms with van der Waals surface area (Å²) >= 11 is 0. The standard InChI is InChI=1S/C44H28N2O/c1-2-12-27(13-3-1)32-22-11-23-37-40-31-17-5-4-14-29(31)25-38(44(40)47-43(32)37)28-15-10-16-30(24-28)39-26-45-41-35-20-8-6-18-33(35)34-19-7-9-21-36(34)42(41)46-39/h1-6,8-18,20-26H,7,19H2. The van der Waals surface area contributed by atoms with Crippen molar-refractivity contribution in [3.63, 3.8) is 0 Å². The molecular formula is C44H28N2O. The van der Waals surface area contributed by atoms with Crippen LogP contribution in [0.5, 0.6) is 0 Å². The zero-order valence-electron chi connectivity index (χ0n) is 25.6. The van der Waals surface area contributed by atoms with E-state index in [1.165, 1.54) is 32.7 Å². The van der Waals surface area contributed by atoms with Crippen molar-refractivity contribution >= 4 is 60.6 Å². The molecule has 7 aromatic carbocycles. The molecule has 0 radical (unpaired) electrons. The summed E-state index contributed by atoms with van der Waals surface area (Å²) in [6, 6.07) is 45.1. The number of aryl methyl sites for hydroxylation is 1. The Labute approximate surface area is 271 Å². The van der Waals surface area contributed by atoms with Crippen LogP contribution in [0.3, 0.4) is 0 Å². The van der Waals surface area contributed by atoms with E-state index in [0.717, 1.165) is 79.3 Å². The maximum absolute atomic E-state index is 6.90. The largest absolute Gasteiger partial charge is 0.455 e. The van der Waals surface area contributed by atoms with E-state index in [1.807, 2.05) is 6.20 Å². The Morgan fingerprint density at radius 1 is 0.553 bits per heavy atom. The lowest BCUT2D eigenvalue weighted by Gasteiger charge is -2.17. The Balaban J connectivity index is 1.20. The highest BCUT2D eigenvalue weighted by molar-refractivity contribution is 6.24. The molecule has 1 aliphatic rings. The van der Waals surface area contributed by atoms with Gasteiger partial charge in [0, 0.05) is 38.4 Å². The van der Waals surface area contributed by atoms with Crippen LogP contribution < -0.4 is 0 Å². The lowest BCUT2D eigenvalue weighted by atomic mass is 9.90. The second-order valence-corrected chi connectivity index (χ2v) is 12.4. The smallest absolute Gasteiger partial charge is 0.143 e. The second-order valence-electron chi connectivity index (χ2n) is 12.4. The molecule has 10 rings (SSSR count). The molecule has 2 heterocycles. The van der Waals surface area contributed by atoms with Gasteiger partial charge in [0.05, 0.1) is 22.9 Å². The minimum Gasteiger partial charge on any atom is -0.455 e. The topological polar surface area (TPSA) is 38.9 Å². The van der Waals surface area contributed by atoms with Crippen LogP contribution in [0.15, 0.2) is 144 Å². The van der Waals surface area contributed by atoms with Gasteiger partial charge in [-0.05, 0) is 57.8 Å².